The summed E-state index contributed by atoms with van der Waals surface area (Å²) in [5.41, 5.74) is 9.65. The number of hydrogen-bond acceptors (Lipinski definition) is 14. The minimum atomic E-state index is -0.863. The van der Waals surface area contributed by atoms with E-state index in [1.807, 2.05) is 36.9 Å². The second kappa shape index (κ2) is 19.3. The van der Waals surface area contributed by atoms with E-state index in [1.54, 1.807) is 11.9 Å². The van der Waals surface area contributed by atoms with Crippen molar-refractivity contribution in [2.45, 2.75) is 85.0 Å². The Balaban J connectivity index is 1.18. The van der Waals surface area contributed by atoms with Crippen molar-refractivity contribution in [2.75, 3.05) is 74.2 Å². The Kier molecular flexibility index (Phi) is 13.3. The van der Waals surface area contributed by atoms with Gasteiger partial charge in [0.15, 0.2) is 23.1 Å². The molecule has 18 nitrogen and oxygen atoms in total. The lowest BCUT2D eigenvalue weighted by atomic mass is 10.1. The number of unbranched alkanes of at least 4 members (excludes halogenated alkanes) is 1. The van der Waals surface area contributed by atoms with Gasteiger partial charge in [-0.3, -0.25) is 33.5 Å². The van der Waals surface area contributed by atoms with Gasteiger partial charge in [0.05, 0.1) is 19.7 Å². The molecule has 3 aliphatic rings. The van der Waals surface area contributed by atoms with Crippen molar-refractivity contribution in [1.29, 1.82) is 0 Å². The zero-order valence-electron chi connectivity index (χ0n) is 36.4. The van der Waals surface area contributed by atoms with E-state index in [1.165, 1.54) is 23.0 Å². The number of benzene rings is 2. The highest BCUT2D eigenvalue weighted by Gasteiger charge is 2.31. The Morgan fingerprint density at radius 3 is 2.22 bits per heavy atom. The van der Waals surface area contributed by atoms with E-state index >= 15 is 0 Å². The van der Waals surface area contributed by atoms with Gasteiger partial charge in [0.25, 0.3) is 5.91 Å². The molecular formula is C45H57N13O5. The molecule has 18 heteroatoms. The van der Waals surface area contributed by atoms with Crippen molar-refractivity contribution in [3.8, 4) is 6.01 Å². The Hall–Kier alpha value is -6.40. The summed E-state index contributed by atoms with van der Waals surface area (Å²) in [5.74, 6) is 0.0522. The van der Waals surface area contributed by atoms with E-state index in [0.717, 1.165) is 76.0 Å². The number of anilines is 5. The standard InChI is InChI=1S/C45H57N13O5/c1-4-6-22-63-45-50-37(46)35-41(53-45)58(44(62)42(60)49-35)26-31-15-16-32(27-56-20-9-10-21-56)33(23-31)47-38-36-40(52-39(51-38)43(61)54(3)17-5-2)57(28-34(59)48-36)25-30-13-11-29(12-14-30)24-55-18-7-8-19-55/h11-16,23H,4-10,17-22,24-28H2,1-3H3,(H,48,59)(H,49,60)(H2,46,50,53)(H,47,51,52). The molecule has 332 valence electrons. The number of H-pyrrole nitrogens is 1. The number of nitrogens with two attached hydrogens (primary N) is 1. The molecule has 2 amide bonds. The van der Waals surface area contributed by atoms with Crippen LogP contribution < -0.4 is 37.1 Å². The quantitative estimate of drug-likeness (QED) is 0.0752. The van der Waals surface area contributed by atoms with Gasteiger partial charge in [-0.1, -0.05) is 56.7 Å². The molecular weight excluding hydrogens is 803 g/mol. The molecule has 0 radical (unpaired) electrons. The van der Waals surface area contributed by atoms with Crippen LogP contribution in [-0.4, -0.2) is 109 Å². The predicted molar refractivity (Wildman–Crippen MR) is 242 cm³/mol. The first-order chi connectivity index (χ1) is 30.6. The number of likely N-dealkylation sites (tertiary alicyclic amines) is 2. The average molecular weight is 860 g/mol. The summed E-state index contributed by atoms with van der Waals surface area (Å²) in [5, 5.41) is 6.52. The normalized spacial score (nSPS) is 15.5. The van der Waals surface area contributed by atoms with Crippen LogP contribution in [0.3, 0.4) is 0 Å². The molecule has 3 aromatic heterocycles. The number of carbonyl (C=O) groups excluding carboxylic acids is 2. The number of ether oxygens (including phenoxy) is 1. The molecule has 0 atom stereocenters. The van der Waals surface area contributed by atoms with Gasteiger partial charge in [-0.2, -0.15) is 9.97 Å². The van der Waals surface area contributed by atoms with Crippen LogP contribution in [0.25, 0.3) is 11.2 Å². The van der Waals surface area contributed by atoms with Crippen molar-refractivity contribution in [3.63, 3.8) is 0 Å². The van der Waals surface area contributed by atoms with E-state index in [0.29, 0.717) is 49.0 Å². The Labute approximate surface area is 365 Å². The van der Waals surface area contributed by atoms with Crippen LogP contribution in [0.5, 0.6) is 6.01 Å². The zero-order valence-corrected chi connectivity index (χ0v) is 36.4. The number of nitrogens with one attached hydrogen (secondary N) is 3. The van der Waals surface area contributed by atoms with Crippen molar-refractivity contribution < 1.29 is 14.3 Å². The fourth-order valence-electron chi connectivity index (χ4n) is 8.45. The lowest BCUT2D eigenvalue weighted by Crippen LogP contribution is -2.40. The highest BCUT2D eigenvalue weighted by Crippen LogP contribution is 2.37. The van der Waals surface area contributed by atoms with Gasteiger partial charge < -0.3 is 35.9 Å². The second-order valence-corrected chi connectivity index (χ2v) is 16.8. The number of amides is 2. The third kappa shape index (κ3) is 9.97. The van der Waals surface area contributed by atoms with E-state index in [4.69, 9.17) is 20.4 Å². The van der Waals surface area contributed by atoms with Crippen LogP contribution in [0.1, 0.15) is 91.7 Å². The van der Waals surface area contributed by atoms with Crippen molar-refractivity contribution >= 4 is 51.8 Å². The number of nitrogen functional groups attached to an aromatic ring is 1. The van der Waals surface area contributed by atoms with Crippen molar-refractivity contribution in [2.24, 2.45) is 0 Å². The molecule has 63 heavy (non-hydrogen) atoms. The number of aromatic amines is 1. The molecule has 2 aromatic carbocycles. The van der Waals surface area contributed by atoms with Gasteiger partial charge >= 0.3 is 17.1 Å². The van der Waals surface area contributed by atoms with E-state index in [2.05, 4.69) is 59.7 Å². The summed E-state index contributed by atoms with van der Waals surface area (Å²) in [6.45, 7) is 10.9. The first kappa shape index (κ1) is 43.3. The molecule has 8 rings (SSSR count). The number of fused-ring (bicyclic) bond motifs is 2. The minimum Gasteiger partial charge on any atom is -0.463 e. The van der Waals surface area contributed by atoms with Gasteiger partial charge in [0.1, 0.15) is 11.2 Å². The Morgan fingerprint density at radius 1 is 0.841 bits per heavy atom. The number of rotatable bonds is 17. The monoisotopic (exact) mass is 859 g/mol. The van der Waals surface area contributed by atoms with Crippen LogP contribution in [0.15, 0.2) is 52.1 Å². The van der Waals surface area contributed by atoms with Crippen LogP contribution in [-0.2, 0) is 31.0 Å². The Morgan fingerprint density at radius 2 is 1.52 bits per heavy atom. The summed E-state index contributed by atoms with van der Waals surface area (Å²) < 4.78 is 7.02. The van der Waals surface area contributed by atoms with Crippen molar-refractivity contribution in [3.05, 3.63) is 91.3 Å². The maximum Gasteiger partial charge on any atom is 0.320 e. The van der Waals surface area contributed by atoms with Gasteiger partial charge in [-0.15, -0.1) is 0 Å². The molecule has 0 saturated carbocycles. The molecule has 0 bridgehead atoms. The topological polar surface area (TPSA) is 213 Å². The SMILES string of the molecule is CCCCOc1nc(N)c2[nH]c(=O)c(=O)n(Cc3ccc(CN4CCCC4)c(Nc4nc(C(=O)N(C)CCC)nc5c4NC(=O)CN5Cc4ccc(CN5CCCC5)cc4)c3)c2n1. The maximum atomic E-state index is 13.9. The number of hydrogen-bond donors (Lipinski definition) is 4. The lowest BCUT2D eigenvalue weighted by Gasteiger charge is -2.31. The molecule has 0 aliphatic carbocycles. The summed E-state index contributed by atoms with van der Waals surface area (Å²) in [7, 11) is 1.72. The first-order valence-electron chi connectivity index (χ1n) is 22.1. The number of nitrogens with zero attached hydrogens (tertiary/aromatic N) is 9. The minimum absolute atomic E-state index is 0.00561. The predicted octanol–water partition coefficient (Wildman–Crippen LogP) is 4.46. The smallest absolute Gasteiger partial charge is 0.320 e. The zero-order chi connectivity index (χ0) is 44.0. The van der Waals surface area contributed by atoms with Gasteiger partial charge in [0, 0.05) is 38.9 Å². The van der Waals surface area contributed by atoms with Gasteiger partial charge in [-0.25, -0.2) is 9.97 Å². The Bertz CT molecular complexity index is 2580. The van der Waals surface area contributed by atoms with Crippen molar-refractivity contribution in [1.82, 2.24) is 44.2 Å². The highest BCUT2D eigenvalue weighted by atomic mass is 16.5. The number of aromatic nitrogens is 6. The third-order valence-corrected chi connectivity index (χ3v) is 11.8. The van der Waals surface area contributed by atoms with Crippen LogP contribution in [0.4, 0.5) is 28.8 Å². The molecule has 0 unspecified atom stereocenters. The molecule has 6 heterocycles. The second-order valence-electron chi connectivity index (χ2n) is 16.8. The maximum absolute atomic E-state index is 13.9. The molecule has 2 fully saturated rings. The summed E-state index contributed by atoms with van der Waals surface area (Å²) >= 11 is 0. The van der Waals surface area contributed by atoms with Gasteiger partial charge in [0.2, 0.25) is 11.7 Å². The summed E-state index contributed by atoms with van der Waals surface area (Å²) in [6.07, 6.45) is 7.06. The fraction of sp³-hybridized carbons (Fsp3) is 0.467. The van der Waals surface area contributed by atoms with Crippen LogP contribution in [0.2, 0.25) is 0 Å². The number of carbonyl (C=O) groups is 2. The third-order valence-electron chi connectivity index (χ3n) is 11.8. The summed E-state index contributed by atoms with van der Waals surface area (Å²) in [6, 6.07) is 14.2. The highest BCUT2D eigenvalue weighted by molar-refractivity contribution is 6.05. The average Bonchev–Trinajstić information content (AvgIpc) is 4.00. The van der Waals surface area contributed by atoms with E-state index < -0.39 is 11.1 Å². The van der Waals surface area contributed by atoms with E-state index in [-0.39, 0.29) is 59.5 Å². The molecule has 3 aliphatic heterocycles. The fourth-order valence-corrected chi connectivity index (χ4v) is 8.45. The van der Waals surface area contributed by atoms with Crippen LogP contribution >= 0.6 is 0 Å². The summed E-state index contributed by atoms with van der Waals surface area (Å²) in [4.78, 5) is 83.2. The molecule has 2 saturated heterocycles. The lowest BCUT2D eigenvalue weighted by molar-refractivity contribution is -0.115. The van der Waals surface area contributed by atoms with E-state index in [9.17, 15) is 19.2 Å². The first-order valence-corrected chi connectivity index (χ1v) is 22.1. The van der Waals surface area contributed by atoms with Gasteiger partial charge in [-0.05, 0) is 93.0 Å². The van der Waals surface area contributed by atoms with Crippen LogP contribution in [0, 0.1) is 0 Å². The molecule has 0 spiro atoms. The molecule has 5 N–H and O–H groups in total. The molecule has 5 aromatic rings. The largest absolute Gasteiger partial charge is 0.463 e.